The summed E-state index contributed by atoms with van der Waals surface area (Å²) in [6, 6.07) is 5.32. The number of hydrogen-bond donors (Lipinski definition) is 2. The minimum absolute atomic E-state index is 0.235. The van der Waals surface area contributed by atoms with Crippen molar-refractivity contribution in [3.63, 3.8) is 0 Å². The van der Waals surface area contributed by atoms with Crippen LogP contribution in [0.4, 0.5) is 5.69 Å². The van der Waals surface area contributed by atoms with Crippen LogP contribution in [0.25, 0.3) is 11.0 Å². The lowest BCUT2D eigenvalue weighted by Crippen LogP contribution is -2.46. The summed E-state index contributed by atoms with van der Waals surface area (Å²) < 4.78 is 3.11. The van der Waals surface area contributed by atoms with Crippen LogP contribution in [-0.2, 0) is 16.6 Å². The third-order valence-corrected chi connectivity index (χ3v) is 6.26. The molecule has 2 aliphatic rings. The average Bonchev–Trinajstić information content (AvgIpc) is 2.99. The Bertz CT molecular complexity index is 1000. The molecule has 162 valence electrons. The van der Waals surface area contributed by atoms with Crippen molar-refractivity contribution in [1.29, 1.82) is 0 Å². The van der Waals surface area contributed by atoms with Crippen molar-refractivity contribution in [1.82, 2.24) is 19.4 Å². The molecule has 0 aliphatic carbocycles. The molecule has 2 aliphatic heterocycles. The van der Waals surface area contributed by atoms with Crippen molar-refractivity contribution in [3.05, 3.63) is 28.7 Å². The largest absolute Gasteiger partial charge is 0.369 e. The Kier molecular flexibility index (Phi) is 5.92. The number of hydrogen-bond acceptors (Lipinski definition) is 6. The van der Waals surface area contributed by atoms with Crippen molar-refractivity contribution in [2.75, 3.05) is 44.2 Å². The molecule has 0 saturated carbocycles. The van der Waals surface area contributed by atoms with E-state index in [1.807, 2.05) is 18.2 Å². The van der Waals surface area contributed by atoms with Gasteiger partial charge < -0.3 is 10.6 Å². The molecular weight excluding hydrogens is 384 g/mol. The van der Waals surface area contributed by atoms with Gasteiger partial charge in [0.05, 0.1) is 11.0 Å². The Morgan fingerprint density at radius 3 is 2.53 bits per heavy atom. The van der Waals surface area contributed by atoms with Crippen LogP contribution in [0.1, 0.15) is 31.7 Å². The van der Waals surface area contributed by atoms with E-state index in [-0.39, 0.29) is 18.0 Å². The van der Waals surface area contributed by atoms with E-state index in [1.54, 1.807) is 11.6 Å². The number of nitrogens with zero attached hydrogens (tertiary/aromatic N) is 4. The van der Waals surface area contributed by atoms with Gasteiger partial charge in [-0.15, -0.1) is 0 Å². The number of piperidine rings is 1. The molecule has 2 amide bonds. The number of rotatable bonds is 6. The number of nitrogens with one attached hydrogen (secondary N) is 1. The van der Waals surface area contributed by atoms with E-state index < -0.39 is 11.9 Å². The molecule has 0 bridgehead atoms. The summed E-state index contributed by atoms with van der Waals surface area (Å²) in [4.78, 5) is 41.5. The minimum Gasteiger partial charge on any atom is -0.369 e. The first-order chi connectivity index (χ1) is 14.5. The fourth-order valence-corrected chi connectivity index (χ4v) is 4.49. The molecule has 2 saturated heterocycles. The van der Waals surface area contributed by atoms with Crippen LogP contribution in [0, 0.1) is 0 Å². The summed E-state index contributed by atoms with van der Waals surface area (Å²) in [6.45, 7) is 5.74. The summed E-state index contributed by atoms with van der Waals surface area (Å²) in [5, 5.41) is 2.35. The van der Waals surface area contributed by atoms with Crippen LogP contribution in [-0.4, -0.2) is 65.1 Å². The van der Waals surface area contributed by atoms with E-state index in [0.717, 1.165) is 68.8 Å². The highest BCUT2D eigenvalue weighted by Gasteiger charge is 2.31. The molecule has 3 heterocycles. The molecule has 4 rings (SSSR count). The van der Waals surface area contributed by atoms with Crippen molar-refractivity contribution in [3.8, 4) is 0 Å². The zero-order valence-corrected chi connectivity index (χ0v) is 17.5. The standard InChI is InChI=1S/C21H30N6O3/c1-24-18-14-15(26-12-10-25(11-13-26)9-3-2-8-22)4-5-16(18)27(21(24)30)17-6-7-19(28)23-20(17)29/h4-5,14,17H,2-3,6-13,22H2,1H3,(H,23,28,29). The highest BCUT2D eigenvalue weighted by Crippen LogP contribution is 2.27. The van der Waals surface area contributed by atoms with Gasteiger partial charge in [-0.2, -0.15) is 0 Å². The number of aromatic nitrogens is 2. The Labute approximate surface area is 175 Å². The molecule has 30 heavy (non-hydrogen) atoms. The fraction of sp³-hybridized carbons (Fsp3) is 0.571. The number of imide groups is 1. The molecule has 0 spiro atoms. The Morgan fingerprint density at radius 2 is 1.83 bits per heavy atom. The van der Waals surface area contributed by atoms with Gasteiger partial charge in [0.2, 0.25) is 11.8 Å². The van der Waals surface area contributed by atoms with E-state index >= 15 is 0 Å². The van der Waals surface area contributed by atoms with Crippen LogP contribution < -0.4 is 21.6 Å². The minimum atomic E-state index is -0.651. The normalized spacial score (nSPS) is 20.7. The summed E-state index contributed by atoms with van der Waals surface area (Å²) in [5.74, 6) is -0.690. The number of piperazine rings is 1. The molecule has 1 atom stereocenters. The average molecular weight is 415 g/mol. The number of imidazole rings is 1. The van der Waals surface area contributed by atoms with Crippen molar-refractivity contribution in [2.24, 2.45) is 12.8 Å². The Balaban J connectivity index is 1.54. The lowest BCUT2D eigenvalue weighted by molar-refractivity contribution is -0.135. The van der Waals surface area contributed by atoms with E-state index in [0.29, 0.717) is 6.42 Å². The van der Waals surface area contributed by atoms with Crippen LogP contribution in [0.5, 0.6) is 0 Å². The number of nitrogens with two attached hydrogens (primary N) is 1. The second-order valence-corrected chi connectivity index (χ2v) is 8.18. The number of carbonyl (C=O) groups excluding carboxylic acids is 2. The number of amides is 2. The lowest BCUT2D eigenvalue weighted by Gasteiger charge is -2.36. The molecule has 1 aromatic carbocycles. The number of carbonyl (C=O) groups is 2. The number of benzene rings is 1. The molecule has 2 fully saturated rings. The zero-order chi connectivity index (χ0) is 21.3. The van der Waals surface area contributed by atoms with Crippen molar-refractivity contribution < 1.29 is 9.59 Å². The lowest BCUT2D eigenvalue weighted by atomic mass is 10.1. The monoisotopic (exact) mass is 414 g/mol. The summed E-state index contributed by atoms with van der Waals surface area (Å²) in [5.41, 5.74) is 7.95. The molecular formula is C21H30N6O3. The fourth-order valence-electron chi connectivity index (χ4n) is 4.49. The van der Waals surface area contributed by atoms with Crippen molar-refractivity contribution >= 4 is 28.5 Å². The molecule has 3 N–H and O–H groups in total. The predicted molar refractivity (Wildman–Crippen MR) is 116 cm³/mol. The van der Waals surface area contributed by atoms with Gasteiger partial charge in [-0.3, -0.25) is 28.9 Å². The third kappa shape index (κ3) is 3.87. The zero-order valence-electron chi connectivity index (χ0n) is 17.5. The van der Waals surface area contributed by atoms with E-state index in [1.165, 1.54) is 4.57 Å². The molecule has 0 radical (unpaired) electrons. The maximum Gasteiger partial charge on any atom is 0.329 e. The maximum absolute atomic E-state index is 12.9. The van der Waals surface area contributed by atoms with E-state index in [2.05, 4.69) is 15.1 Å². The number of anilines is 1. The summed E-state index contributed by atoms with van der Waals surface area (Å²) >= 11 is 0. The molecule has 1 aromatic heterocycles. The first kappa shape index (κ1) is 20.6. The van der Waals surface area contributed by atoms with E-state index in [9.17, 15) is 14.4 Å². The van der Waals surface area contributed by atoms with Gasteiger partial charge in [-0.05, 0) is 50.6 Å². The highest BCUT2D eigenvalue weighted by molar-refractivity contribution is 6.00. The second kappa shape index (κ2) is 8.61. The van der Waals surface area contributed by atoms with Crippen LogP contribution in [0.15, 0.2) is 23.0 Å². The maximum atomic E-state index is 12.9. The van der Waals surface area contributed by atoms with Gasteiger partial charge in [0.15, 0.2) is 0 Å². The van der Waals surface area contributed by atoms with E-state index in [4.69, 9.17) is 5.73 Å². The SMILES string of the molecule is Cn1c(=O)n(C2CCC(=O)NC2=O)c2ccc(N3CCN(CCCCN)CC3)cc21. The smallest absolute Gasteiger partial charge is 0.329 e. The molecule has 9 heteroatoms. The highest BCUT2D eigenvalue weighted by atomic mass is 16.2. The number of aryl methyl sites for hydroxylation is 1. The molecule has 9 nitrogen and oxygen atoms in total. The Morgan fingerprint density at radius 1 is 1.07 bits per heavy atom. The van der Waals surface area contributed by atoms with Crippen LogP contribution in [0.3, 0.4) is 0 Å². The van der Waals surface area contributed by atoms with Gasteiger partial charge >= 0.3 is 5.69 Å². The van der Waals surface area contributed by atoms with Gasteiger partial charge in [-0.1, -0.05) is 0 Å². The number of unbranched alkanes of at least 4 members (excludes halogenated alkanes) is 1. The first-order valence-corrected chi connectivity index (χ1v) is 10.7. The topological polar surface area (TPSA) is 106 Å². The van der Waals surface area contributed by atoms with Gasteiger partial charge in [0.25, 0.3) is 0 Å². The second-order valence-electron chi connectivity index (χ2n) is 8.18. The quantitative estimate of drug-likeness (QED) is 0.516. The summed E-state index contributed by atoms with van der Waals surface area (Å²) in [7, 11) is 1.73. The molecule has 1 unspecified atom stereocenters. The third-order valence-electron chi connectivity index (χ3n) is 6.26. The van der Waals surface area contributed by atoms with Gasteiger partial charge in [0.1, 0.15) is 6.04 Å². The van der Waals surface area contributed by atoms with Crippen LogP contribution in [0.2, 0.25) is 0 Å². The predicted octanol–water partition coefficient (Wildman–Crippen LogP) is 0.179. The van der Waals surface area contributed by atoms with Gasteiger partial charge in [-0.25, -0.2) is 4.79 Å². The summed E-state index contributed by atoms with van der Waals surface area (Å²) in [6.07, 6.45) is 2.79. The first-order valence-electron chi connectivity index (χ1n) is 10.7. The van der Waals surface area contributed by atoms with Crippen LogP contribution >= 0.6 is 0 Å². The number of fused-ring (bicyclic) bond motifs is 1. The van der Waals surface area contributed by atoms with Gasteiger partial charge in [0, 0.05) is 45.3 Å². The Hall–Kier alpha value is -2.65. The van der Waals surface area contributed by atoms with Crippen molar-refractivity contribution in [2.45, 2.75) is 31.7 Å². The molecule has 2 aromatic rings.